The number of hydrogen-bond acceptors (Lipinski definition) is 7. The molecule has 34 heavy (non-hydrogen) atoms. The van der Waals surface area contributed by atoms with Gasteiger partial charge in [-0.05, 0) is 73.9 Å². The first-order valence-corrected chi connectivity index (χ1v) is 11.5. The Kier molecular flexibility index (Phi) is 17.0. The average Bonchev–Trinajstić information content (AvgIpc) is 3.33. The Hall–Kier alpha value is -2.35. The fraction of sp³-hybridized carbons (Fsp3) is 0.731. The largest absolute Gasteiger partial charge is 0.463 e. The smallest absolute Gasteiger partial charge is 0.410 e. The van der Waals surface area contributed by atoms with E-state index in [-0.39, 0.29) is 38.9 Å². The van der Waals surface area contributed by atoms with Crippen LogP contribution in [0.4, 0.5) is 4.79 Å². The molecule has 2 saturated heterocycles. The molecule has 0 N–H and O–H groups in total. The lowest BCUT2D eigenvalue weighted by Gasteiger charge is -2.27. The molecule has 0 radical (unpaired) electrons. The van der Waals surface area contributed by atoms with Crippen LogP contribution in [0.3, 0.4) is 0 Å². The van der Waals surface area contributed by atoms with Gasteiger partial charge in [0.25, 0.3) is 0 Å². The minimum Gasteiger partial charge on any atom is -0.463 e. The molecule has 0 aliphatic carbocycles. The third-order valence-corrected chi connectivity index (χ3v) is 4.99. The second-order valence-electron chi connectivity index (χ2n) is 8.80. The van der Waals surface area contributed by atoms with Crippen molar-refractivity contribution < 1.29 is 28.6 Å². The summed E-state index contributed by atoms with van der Waals surface area (Å²) in [7, 11) is 2.08. The lowest BCUT2D eigenvalue weighted by Crippen LogP contribution is -2.39. The molecule has 0 aromatic heterocycles. The van der Waals surface area contributed by atoms with E-state index in [1.807, 2.05) is 33.8 Å². The van der Waals surface area contributed by atoms with Gasteiger partial charge in [-0.2, -0.15) is 0 Å². The molecule has 2 aliphatic heterocycles. The summed E-state index contributed by atoms with van der Waals surface area (Å²) in [5, 5.41) is 0. The molecule has 198 valence electrons. The van der Waals surface area contributed by atoms with Crippen molar-refractivity contribution in [2.45, 2.75) is 92.8 Å². The number of carbonyl (C=O) groups excluding carboxylic acids is 3. The van der Waals surface area contributed by atoms with Crippen molar-refractivity contribution in [1.29, 1.82) is 0 Å². The van der Waals surface area contributed by atoms with E-state index in [0.717, 1.165) is 25.8 Å². The third-order valence-electron chi connectivity index (χ3n) is 4.99. The van der Waals surface area contributed by atoms with Gasteiger partial charge in [-0.1, -0.05) is 27.0 Å². The molecular weight excluding hydrogens is 436 g/mol. The van der Waals surface area contributed by atoms with Crippen LogP contribution in [0.5, 0.6) is 0 Å². The van der Waals surface area contributed by atoms with Crippen molar-refractivity contribution >= 4 is 18.0 Å². The molecule has 0 unspecified atom stereocenters. The number of likely N-dealkylation sites (tertiary alicyclic amines) is 2. The van der Waals surface area contributed by atoms with Gasteiger partial charge in [0, 0.05) is 24.7 Å². The van der Waals surface area contributed by atoms with Crippen LogP contribution in [0.15, 0.2) is 24.3 Å². The highest BCUT2D eigenvalue weighted by Crippen LogP contribution is 2.21. The molecule has 0 saturated carbocycles. The first-order valence-electron chi connectivity index (χ1n) is 11.5. The summed E-state index contributed by atoms with van der Waals surface area (Å²) in [5.41, 5.74) is -0.505. The third kappa shape index (κ3) is 13.4. The summed E-state index contributed by atoms with van der Waals surface area (Å²) in [5.74, 6) is -0.610. The van der Waals surface area contributed by atoms with Crippen molar-refractivity contribution in [1.82, 2.24) is 9.80 Å². The van der Waals surface area contributed by atoms with Crippen LogP contribution in [0, 0.1) is 0 Å². The molecule has 2 fully saturated rings. The van der Waals surface area contributed by atoms with Crippen LogP contribution >= 0.6 is 0 Å². The molecule has 8 heteroatoms. The van der Waals surface area contributed by atoms with Crippen LogP contribution in [0.1, 0.15) is 75.2 Å². The van der Waals surface area contributed by atoms with Crippen molar-refractivity contribution in [3.05, 3.63) is 24.3 Å². The normalized spacial score (nSPS) is 20.2. The molecule has 0 bridgehead atoms. The molecule has 0 aromatic carbocycles. The van der Waals surface area contributed by atoms with Crippen LogP contribution in [0.25, 0.3) is 0 Å². The van der Waals surface area contributed by atoms with Crippen molar-refractivity contribution in [2.24, 2.45) is 0 Å². The lowest BCUT2D eigenvalue weighted by atomic mass is 10.2. The number of nitrogens with zero attached hydrogens (tertiary/aromatic N) is 2. The molecule has 8 nitrogen and oxygen atoms in total. The van der Waals surface area contributed by atoms with Gasteiger partial charge in [0.05, 0.1) is 19.3 Å². The molecule has 0 aromatic rings. The number of esters is 2. The molecular formula is C26H48N2O6. The van der Waals surface area contributed by atoms with Gasteiger partial charge in [-0.15, -0.1) is 0 Å². The second kappa shape index (κ2) is 17.1. The number of ether oxygens (including phenoxy) is 3. The van der Waals surface area contributed by atoms with E-state index < -0.39 is 5.60 Å². The van der Waals surface area contributed by atoms with Crippen LogP contribution in [0.2, 0.25) is 0 Å². The summed E-state index contributed by atoms with van der Waals surface area (Å²) in [6.07, 6.45) is 10.4. The van der Waals surface area contributed by atoms with E-state index >= 15 is 0 Å². The van der Waals surface area contributed by atoms with E-state index in [1.165, 1.54) is 18.6 Å². The molecule has 2 rings (SSSR count). The summed E-state index contributed by atoms with van der Waals surface area (Å²) >= 11 is 0. The zero-order valence-corrected chi connectivity index (χ0v) is 20.5. The predicted molar refractivity (Wildman–Crippen MR) is 137 cm³/mol. The summed E-state index contributed by atoms with van der Waals surface area (Å²) < 4.78 is 15.0. The minimum atomic E-state index is -0.505. The number of rotatable bonds is 6. The average molecular weight is 485 g/mol. The van der Waals surface area contributed by atoms with Crippen molar-refractivity contribution in [2.75, 3.05) is 33.4 Å². The molecule has 2 atom stereocenters. The van der Waals surface area contributed by atoms with Crippen LogP contribution < -0.4 is 0 Å². The molecule has 2 heterocycles. The van der Waals surface area contributed by atoms with Crippen LogP contribution in [-0.2, 0) is 23.8 Å². The second-order valence-corrected chi connectivity index (χ2v) is 8.80. The topological polar surface area (TPSA) is 85.4 Å². The highest BCUT2D eigenvalue weighted by atomic mass is 16.6. The Balaban J connectivity index is 0. The van der Waals surface area contributed by atoms with Gasteiger partial charge in [0.15, 0.2) is 0 Å². The van der Waals surface area contributed by atoms with E-state index in [2.05, 4.69) is 11.9 Å². The van der Waals surface area contributed by atoms with Gasteiger partial charge in [0.1, 0.15) is 5.60 Å². The number of amides is 1. The first-order chi connectivity index (χ1) is 15.1. The Morgan fingerprint density at radius 1 is 0.853 bits per heavy atom. The van der Waals surface area contributed by atoms with Gasteiger partial charge in [-0.3, -0.25) is 4.90 Å². The summed E-state index contributed by atoms with van der Waals surface area (Å²) in [6.45, 7) is 11.7. The van der Waals surface area contributed by atoms with Crippen molar-refractivity contribution in [3.8, 4) is 0 Å². The highest BCUT2D eigenvalue weighted by molar-refractivity contribution is 5.82. The van der Waals surface area contributed by atoms with Gasteiger partial charge < -0.3 is 19.1 Å². The fourth-order valence-electron chi connectivity index (χ4n) is 3.48. The van der Waals surface area contributed by atoms with E-state index in [9.17, 15) is 14.4 Å². The standard InChI is InChI=1S/C14H23NO4.C10H17NO2.2CH4/c1-5-18-12(16)9-8-11-7-6-10-15(11)13(17)19-14(2,3)4;1-3-13-10(12)7-6-9-5-4-8-11(9)2;;/h8-9,11H,5-7,10H2,1-4H3;6-7,9H,3-5,8H2,1-2H3;2*1H4/b9-8+;7-6+;;/t11-;9-;;/m11../s1. The lowest BCUT2D eigenvalue weighted by molar-refractivity contribution is -0.138. The van der Waals surface area contributed by atoms with E-state index in [4.69, 9.17) is 14.2 Å². The maximum Gasteiger partial charge on any atom is 0.410 e. The maximum absolute atomic E-state index is 12.0. The van der Waals surface area contributed by atoms with Gasteiger partial charge in [0.2, 0.25) is 0 Å². The van der Waals surface area contributed by atoms with Crippen molar-refractivity contribution in [3.63, 3.8) is 0 Å². The zero-order chi connectivity index (χ0) is 24.1. The van der Waals surface area contributed by atoms with E-state index in [0.29, 0.717) is 25.8 Å². The Morgan fingerprint density at radius 3 is 1.76 bits per heavy atom. The first kappa shape index (κ1) is 33.8. The summed E-state index contributed by atoms with van der Waals surface area (Å²) in [4.78, 5) is 38.1. The Labute approximate surface area is 207 Å². The van der Waals surface area contributed by atoms with Crippen LogP contribution in [-0.4, -0.2) is 78.9 Å². The quantitative estimate of drug-likeness (QED) is 0.299. The Morgan fingerprint density at radius 2 is 1.32 bits per heavy atom. The minimum absolute atomic E-state index is 0. The number of hydrogen-bond donors (Lipinski definition) is 0. The SMILES string of the molecule is C.C.CCOC(=O)/C=C/[C@H]1CCCN1C.CCOC(=O)/C=C/[C@H]1CCCN1C(=O)OC(C)(C)C. The van der Waals surface area contributed by atoms with E-state index in [1.54, 1.807) is 17.9 Å². The number of likely N-dealkylation sites (N-methyl/N-ethyl adjacent to an activating group) is 1. The van der Waals surface area contributed by atoms with Gasteiger partial charge in [-0.25, -0.2) is 14.4 Å². The highest BCUT2D eigenvalue weighted by Gasteiger charge is 2.30. The number of carbonyl (C=O) groups is 3. The predicted octanol–water partition coefficient (Wildman–Crippen LogP) is 4.98. The Bertz CT molecular complexity index is 669. The molecule has 2 aliphatic rings. The zero-order valence-electron chi connectivity index (χ0n) is 20.5. The summed E-state index contributed by atoms with van der Waals surface area (Å²) in [6, 6.07) is 0.337. The van der Waals surface area contributed by atoms with Gasteiger partial charge >= 0.3 is 18.0 Å². The monoisotopic (exact) mass is 484 g/mol. The fourth-order valence-corrected chi connectivity index (χ4v) is 3.48. The maximum atomic E-state index is 12.0. The molecule has 0 spiro atoms. The molecule has 1 amide bonds.